The van der Waals surface area contributed by atoms with Gasteiger partial charge in [0, 0.05) is 11.6 Å². The molecule has 1 aromatic rings. The molecule has 3 rings (SSSR count). The zero-order valence-electron chi connectivity index (χ0n) is 12.9. The van der Waals surface area contributed by atoms with Gasteiger partial charge in [-0.05, 0) is 43.9 Å². The lowest BCUT2D eigenvalue weighted by molar-refractivity contribution is -0.118. The zero-order chi connectivity index (χ0) is 15.5. The molecule has 5 nitrogen and oxygen atoms in total. The van der Waals surface area contributed by atoms with Crippen LogP contribution in [0.25, 0.3) is 0 Å². The van der Waals surface area contributed by atoms with Crippen LogP contribution in [0.2, 0.25) is 0 Å². The Morgan fingerprint density at radius 1 is 1.32 bits per heavy atom. The normalized spacial score (nSPS) is 19.6. The van der Waals surface area contributed by atoms with E-state index >= 15 is 0 Å². The number of amides is 2. The molecule has 22 heavy (non-hydrogen) atoms. The maximum Gasteiger partial charge on any atom is 0.262 e. The molecule has 5 heteroatoms. The van der Waals surface area contributed by atoms with Gasteiger partial charge in [0.05, 0.1) is 5.69 Å². The van der Waals surface area contributed by atoms with E-state index in [9.17, 15) is 9.59 Å². The van der Waals surface area contributed by atoms with Crippen molar-refractivity contribution in [2.75, 3.05) is 11.9 Å². The summed E-state index contributed by atoms with van der Waals surface area (Å²) in [6.07, 6.45) is 6.20. The molecule has 1 atom stereocenters. The number of hydrogen-bond donors (Lipinski definition) is 2. The van der Waals surface area contributed by atoms with E-state index < -0.39 is 0 Å². The monoisotopic (exact) mass is 302 g/mol. The topological polar surface area (TPSA) is 67.4 Å². The van der Waals surface area contributed by atoms with Gasteiger partial charge in [-0.25, -0.2) is 0 Å². The first-order valence-corrected chi connectivity index (χ1v) is 8.01. The first-order valence-electron chi connectivity index (χ1n) is 8.01. The Balaban J connectivity index is 1.67. The first kappa shape index (κ1) is 14.9. The lowest BCUT2D eigenvalue weighted by atomic mass is 9.84. The highest BCUT2D eigenvalue weighted by molar-refractivity contribution is 5.99. The Labute approximate surface area is 130 Å². The average molecular weight is 302 g/mol. The predicted octanol–water partition coefficient (Wildman–Crippen LogP) is 2.72. The van der Waals surface area contributed by atoms with E-state index in [0.29, 0.717) is 22.9 Å². The molecule has 0 saturated heterocycles. The van der Waals surface area contributed by atoms with E-state index in [1.54, 1.807) is 18.2 Å². The highest BCUT2D eigenvalue weighted by atomic mass is 16.5. The van der Waals surface area contributed by atoms with Crippen LogP contribution in [-0.2, 0) is 4.79 Å². The quantitative estimate of drug-likeness (QED) is 0.902. The summed E-state index contributed by atoms with van der Waals surface area (Å²) in [5, 5.41) is 5.82. The lowest BCUT2D eigenvalue weighted by Crippen LogP contribution is -2.39. The van der Waals surface area contributed by atoms with E-state index in [4.69, 9.17) is 4.74 Å². The molecule has 1 heterocycles. The highest BCUT2D eigenvalue weighted by Gasteiger charge is 2.23. The van der Waals surface area contributed by atoms with Crippen LogP contribution in [-0.4, -0.2) is 24.5 Å². The van der Waals surface area contributed by atoms with E-state index in [0.717, 1.165) is 0 Å². The summed E-state index contributed by atoms with van der Waals surface area (Å²) >= 11 is 0. The zero-order valence-corrected chi connectivity index (χ0v) is 12.9. The van der Waals surface area contributed by atoms with E-state index in [1.807, 2.05) is 0 Å². The molecule has 2 aliphatic rings. The van der Waals surface area contributed by atoms with Gasteiger partial charge in [-0.3, -0.25) is 9.59 Å². The standard InChI is InChI=1S/C17H22N2O3/c1-11(12-5-3-2-4-6-12)18-17(21)13-7-8-15-14(9-13)19-16(20)10-22-15/h7-9,11-12H,2-6,10H2,1H3,(H,18,21)(H,19,20)/t11-/m0/s1. The summed E-state index contributed by atoms with van der Waals surface area (Å²) in [6.45, 7) is 2.11. The minimum absolute atomic E-state index is 0.0251. The minimum Gasteiger partial charge on any atom is -0.482 e. The number of ether oxygens (including phenoxy) is 1. The summed E-state index contributed by atoms with van der Waals surface area (Å²) in [4.78, 5) is 23.8. The van der Waals surface area contributed by atoms with Crippen molar-refractivity contribution >= 4 is 17.5 Å². The maximum absolute atomic E-state index is 12.4. The van der Waals surface area contributed by atoms with Gasteiger partial charge >= 0.3 is 0 Å². The Bertz CT molecular complexity index is 579. The third-order valence-electron chi connectivity index (χ3n) is 4.59. The van der Waals surface area contributed by atoms with Crippen molar-refractivity contribution in [2.24, 2.45) is 5.92 Å². The van der Waals surface area contributed by atoms with Gasteiger partial charge in [-0.15, -0.1) is 0 Å². The molecule has 1 fully saturated rings. The summed E-state index contributed by atoms with van der Waals surface area (Å²) < 4.78 is 5.30. The van der Waals surface area contributed by atoms with Crippen LogP contribution in [0.4, 0.5) is 5.69 Å². The SMILES string of the molecule is C[C@H](NC(=O)c1ccc2c(c1)NC(=O)CO2)C1CCCCC1. The minimum atomic E-state index is -0.194. The molecule has 0 spiro atoms. The fourth-order valence-electron chi connectivity index (χ4n) is 3.27. The number of fused-ring (bicyclic) bond motifs is 1. The van der Waals surface area contributed by atoms with Crippen molar-refractivity contribution in [3.8, 4) is 5.75 Å². The number of rotatable bonds is 3. The molecule has 2 amide bonds. The number of carbonyl (C=O) groups excluding carboxylic acids is 2. The molecule has 118 valence electrons. The number of nitrogens with one attached hydrogen (secondary N) is 2. The number of hydrogen-bond acceptors (Lipinski definition) is 3. The van der Waals surface area contributed by atoms with Crippen molar-refractivity contribution in [2.45, 2.75) is 45.1 Å². The lowest BCUT2D eigenvalue weighted by Gasteiger charge is -2.28. The fraction of sp³-hybridized carbons (Fsp3) is 0.529. The molecule has 2 N–H and O–H groups in total. The van der Waals surface area contributed by atoms with Crippen molar-refractivity contribution in [1.29, 1.82) is 0 Å². The molecule has 0 bridgehead atoms. The molecular formula is C17H22N2O3. The maximum atomic E-state index is 12.4. The van der Waals surface area contributed by atoms with Crippen LogP contribution in [0.1, 0.15) is 49.4 Å². The van der Waals surface area contributed by atoms with E-state index in [-0.39, 0.29) is 24.5 Å². The second kappa shape index (κ2) is 6.38. The third kappa shape index (κ3) is 3.24. The van der Waals surface area contributed by atoms with E-state index in [1.165, 1.54) is 32.1 Å². The second-order valence-corrected chi connectivity index (χ2v) is 6.21. The van der Waals surface area contributed by atoms with Gasteiger partial charge in [-0.2, -0.15) is 0 Å². The number of carbonyl (C=O) groups is 2. The summed E-state index contributed by atoms with van der Waals surface area (Å²) in [5.41, 5.74) is 1.11. The van der Waals surface area contributed by atoms with Gasteiger partial charge in [-0.1, -0.05) is 19.3 Å². The van der Waals surface area contributed by atoms with Crippen LogP contribution >= 0.6 is 0 Å². The molecule has 1 saturated carbocycles. The smallest absolute Gasteiger partial charge is 0.262 e. The van der Waals surface area contributed by atoms with E-state index in [2.05, 4.69) is 17.6 Å². The Hall–Kier alpha value is -2.04. The molecule has 1 aliphatic carbocycles. The second-order valence-electron chi connectivity index (χ2n) is 6.21. The fourth-order valence-corrected chi connectivity index (χ4v) is 3.27. The van der Waals surface area contributed by atoms with Gasteiger partial charge in [0.25, 0.3) is 11.8 Å². The average Bonchev–Trinajstić information content (AvgIpc) is 2.54. The third-order valence-corrected chi connectivity index (χ3v) is 4.59. The van der Waals surface area contributed by atoms with Gasteiger partial charge < -0.3 is 15.4 Å². The largest absolute Gasteiger partial charge is 0.482 e. The molecule has 1 aliphatic heterocycles. The van der Waals surface area contributed by atoms with Gasteiger partial charge in [0.15, 0.2) is 6.61 Å². The van der Waals surface area contributed by atoms with Gasteiger partial charge in [0.1, 0.15) is 5.75 Å². The number of anilines is 1. The predicted molar refractivity (Wildman–Crippen MR) is 84.1 cm³/mol. The van der Waals surface area contributed by atoms with Crippen LogP contribution in [0, 0.1) is 5.92 Å². The van der Waals surface area contributed by atoms with Gasteiger partial charge in [0.2, 0.25) is 0 Å². The highest BCUT2D eigenvalue weighted by Crippen LogP contribution is 2.29. The van der Waals surface area contributed by atoms with Crippen LogP contribution < -0.4 is 15.4 Å². The Morgan fingerprint density at radius 2 is 2.09 bits per heavy atom. The first-order chi connectivity index (χ1) is 10.6. The van der Waals surface area contributed by atoms with Crippen molar-refractivity contribution in [1.82, 2.24) is 5.32 Å². The number of benzene rings is 1. The molecule has 0 aromatic heterocycles. The summed E-state index contributed by atoms with van der Waals surface area (Å²) in [7, 11) is 0. The van der Waals surface area contributed by atoms with Crippen molar-refractivity contribution < 1.29 is 14.3 Å². The molecular weight excluding hydrogens is 280 g/mol. The summed E-state index contributed by atoms with van der Waals surface area (Å²) in [6, 6.07) is 5.32. The molecule has 0 unspecified atom stereocenters. The van der Waals surface area contributed by atoms with Crippen LogP contribution in [0.5, 0.6) is 5.75 Å². The Morgan fingerprint density at radius 3 is 2.86 bits per heavy atom. The molecule has 1 aromatic carbocycles. The van der Waals surface area contributed by atoms with Crippen molar-refractivity contribution in [3.05, 3.63) is 23.8 Å². The Kier molecular flexibility index (Phi) is 4.32. The summed E-state index contributed by atoms with van der Waals surface area (Å²) in [5.74, 6) is 0.885. The van der Waals surface area contributed by atoms with Crippen LogP contribution in [0.15, 0.2) is 18.2 Å². The van der Waals surface area contributed by atoms with Crippen LogP contribution in [0.3, 0.4) is 0 Å². The van der Waals surface area contributed by atoms with Crippen molar-refractivity contribution in [3.63, 3.8) is 0 Å². The molecule has 0 radical (unpaired) electrons.